The number of benzene rings is 7. The maximum absolute atomic E-state index is 16.7. The highest BCUT2D eigenvalue weighted by atomic mass is 35.5. The van der Waals surface area contributed by atoms with Crippen LogP contribution in [0.2, 0.25) is 10.0 Å². The van der Waals surface area contributed by atoms with Crippen LogP contribution in [-0.2, 0) is 81.6 Å². The molecule has 1 aromatic heterocycles. The molecule has 766 valence electrons. The molecule has 0 aliphatic carbocycles. The fourth-order valence-corrected chi connectivity index (χ4v) is 17.8. The van der Waals surface area contributed by atoms with Crippen LogP contribution in [0.4, 0.5) is 18.9 Å². The number of carboxylic acid groups (broad SMARTS) is 1. The molecule has 48 heteroatoms. The summed E-state index contributed by atoms with van der Waals surface area (Å²) in [6.45, 7) is 4.69. The van der Waals surface area contributed by atoms with Gasteiger partial charge < -0.3 is 169 Å². The third-order valence-corrected chi connectivity index (χ3v) is 25.4. The van der Waals surface area contributed by atoms with E-state index >= 15 is 24.0 Å². The minimum atomic E-state index is -5.04. The smallest absolute Gasteiger partial charge is 0.507 e. The second kappa shape index (κ2) is 45.0. The monoisotopic (exact) mass is 2040 g/mol. The third kappa shape index (κ3) is 24.7. The van der Waals surface area contributed by atoms with E-state index in [1.807, 2.05) is 0 Å². The number of likely N-dealkylation sites (N-methyl/N-ethyl adjacent to an activating group) is 1. The van der Waals surface area contributed by atoms with E-state index in [2.05, 4.69) is 62.9 Å². The van der Waals surface area contributed by atoms with Crippen LogP contribution in [0.1, 0.15) is 132 Å². The summed E-state index contributed by atoms with van der Waals surface area (Å²) in [6.07, 6.45) is -32.1. The van der Waals surface area contributed by atoms with Gasteiger partial charge in [-0.15, -0.1) is 13.2 Å². The summed E-state index contributed by atoms with van der Waals surface area (Å²) in [5.74, 6) is -18.7. The van der Waals surface area contributed by atoms with Gasteiger partial charge in [0.1, 0.15) is 126 Å². The molecule has 0 saturated carbocycles. The molecule has 11 bridgehead atoms. The molecule has 1 unspecified atom stereocenters. The van der Waals surface area contributed by atoms with Crippen LogP contribution >= 0.6 is 23.2 Å². The molecule has 43 nitrogen and oxygen atoms in total. The number of carbonyl (C=O) groups is 9. The van der Waals surface area contributed by atoms with Gasteiger partial charge in [0.25, 0.3) is 5.91 Å². The number of pyridine rings is 1. The number of primary amides is 1. The van der Waals surface area contributed by atoms with Crippen molar-refractivity contribution in [3.05, 3.63) is 206 Å². The van der Waals surface area contributed by atoms with Crippen LogP contribution in [0, 0.1) is 5.92 Å². The molecule has 8 amide bonds. The summed E-state index contributed by atoms with van der Waals surface area (Å²) < 4.78 is 94.5. The highest BCUT2D eigenvalue weighted by molar-refractivity contribution is 6.32. The van der Waals surface area contributed by atoms with Crippen LogP contribution in [0.3, 0.4) is 0 Å². The Morgan fingerprint density at radius 3 is 1.97 bits per heavy atom. The second-order valence-electron chi connectivity index (χ2n) is 35.7. The number of aliphatic hydroxyl groups is 8. The van der Waals surface area contributed by atoms with Crippen molar-refractivity contribution in [3.63, 3.8) is 0 Å². The molecule has 3 fully saturated rings. The molecular weight excluding hydrogens is 1930 g/mol. The summed E-state index contributed by atoms with van der Waals surface area (Å²) in [5.41, 5.74) is 8.81. The van der Waals surface area contributed by atoms with Crippen molar-refractivity contribution in [2.24, 2.45) is 17.4 Å². The van der Waals surface area contributed by atoms with Gasteiger partial charge in [-0.2, -0.15) is 0 Å². The number of carboxylic acids is 1. The Hall–Kier alpha value is -12.8. The minimum absolute atomic E-state index is 0.0607. The van der Waals surface area contributed by atoms with Gasteiger partial charge in [0.15, 0.2) is 30.1 Å². The number of phenols is 3. The summed E-state index contributed by atoms with van der Waals surface area (Å²) in [5, 5.41) is 168. The standard InChI is InChI=1S/C95H106Cl2F3N13O30/c1-39(2)24-55(103-5)85(127)112-71-73(118)44-13-16-59(53(96)28-44)136-61-30-47-31-62(81(61)141-93-79(124)77(122)82(64(38-114)139-93)142-92-78(123)76(121)75(120)63(138-92)37-106-35-42-8-6-10-48(25-42)107-84(126)46-9-7-11-49(26-46)143-95(98,99)100)137-60-17-14-45(29-54(60)97)80(140-66-34-94(4,102)83(125)40(3)135-66)72-90(132)111-70(91(133)134)51-32-58(116)52(36-105-23-20-41-18-21-104-22-19-41)74(119)67(51)50-27-43(12-15-57(50)115)68(87(129)113-72)110-88(130)69(47)109-86(128)56(33-65(101)117)108-89(71)131/h6-19,21-22,25-32,39-40,55-56,63-64,66,68-73,75-80,82-83,92-93,103,105-106,114-116,118-125H,20,23-24,33-38,102H2,1-5H3,(H2,101,117)(H,107,126)(H,108,131)(H,109,128)(H,110,130)(H,111,132)(H,112,127)(H,113,129)(H,133,134)/t40-,55+,56+,63+,64+,66-,68+,69+,70+,71?,72-,73+,75-,76-,77+,78+,79+,80+,82+,83-,92-,93-,94-/m0/s1. The molecule has 26 N–H and O–H groups in total. The highest BCUT2D eigenvalue weighted by Crippen LogP contribution is 2.51. The number of rotatable bonds is 27. The van der Waals surface area contributed by atoms with Gasteiger partial charge in [-0.05, 0) is 177 Å². The number of aliphatic carboxylic acids is 1. The lowest BCUT2D eigenvalue weighted by Gasteiger charge is -2.46. The second-order valence-corrected chi connectivity index (χ2v) is 36.6. The Morgan fingerprint density at radius 1 is 0.657 bits per heavy atom. The number of anilines is 1. The number of alkyl halides is 3. The highest BCUT2D eigenvalue weighted by Gasteiger charge is 2.54. The Bertz CT molecular complexity index is 6060. The minimum Gasteiger partial charge on any atom is -0.507 e. The molecular formula is C95H106Cl2F3N13O30. The molecule has 8 aliphatic heterocycles. The molecule has 8 aliphatic rings. The van der Waals surface area contributed by atoms with Gasteiger partial charge in [0.05, 0.1) is 46.9 Å². The SMILES string of the molecule is CN[C@H](CC(C)C)C(=O)NC1C(=O)N[C@H](CC(N)=O)C(=O)N[C@H]2C(=O)N[C@H]3C(=O)N[C@H](C(=O)N[C@@H](C(=O)O)c4cc(O)c(CNCCc5ccncc5)c(O)c4-c4cc3ccc4O)[C@H](O[C@H]3C[C@](C)(N)[C@@H](O)[C@H](C)O3)c3ccc(c(Cl)c3)Oc3cc2cc(c3O[C@@H]2O[C@H](CO)[C@@H](O[C@@H]3O[C@H](CNCc4cccc(NC(=O)c5cccc(OC(F)(F)F)c5)c4)[C@H](O)[C@H](O)[C@H]3O)[C@H](O)[C@H]2O)Oc2ccc(cc2Cl)[C@H]1O. The summed E-state index contributed by atoms with van der Waals surface area (Å²) in [7, 11) is 1.45. The molecule has 16 rings (SSSR count). The van der Waals surface area contributed by atoms with Crippen LogP contribution in [0.25, 0.3) is 11.1 Å². The van der Waals surface area contributed by atoms with Crippen molar-refractivity contribution in [1.29, 1.82) is 0 Å². The Balaban J connectivity index is 0.893. The first-order valence-corrected chi connectivity index (χ1v) is 45.8. The molecule has 8 aromatic rings. The van der Waals surface area contributed by atoms with Gasteiger partial charge in [-0.3, -0.25) is 43.3 Å². The van der Waals surface area contributed by atoms with E-state index < -0.39 is 309 Å². The number of nitrogens with one attached hydrogen (secondary N) is 10. The molecule has 9 heterocycles. The molecule has 7 aromatic carbocycles. The number of hydrogen-bond acceptors (Lipinski definition) is 34. The maximum atomic E-state index is 16.7. The molecule has 0 spiro atoms. The van der Waals surface area contributed by atoms with E-state index in [1.165, 1.54) is 63.4 Å². The predicted octanol–water partition coefficient (Wildman–Crippen LogP) is 2.61. The first-order chi connectivity index (χ1) is 67.8. The quantitative estimate of drug-likeness (QED) is 0.0329. The van der Waals surface area contributed by atoms with Gasteiger partial charge >= 0.3 is 12.3 Å². The first-order valence-electron chi connectivity index (χ1n) is 45.1. The average Bonchev–Trinajstić information content (AvgIpc) is 0.765. The number of ether oxygens (including phenoxy) is 9. The third-order valence-electron chi connectivity index (χ3n) is 24.8. The normalized spacial score (nSPS) is 27.5. The lowest BCUT2D eigenvalue weighted by molar-refractivity contribution is -0.350. The van der Waals surface area contributed by atoms with Crippen LogP contribution in [-0.4, -0.2) is 262 Å². The van der Waals surface area contributed by atoms with E-state index in [4.69, 9.17) is 72.6 Å². The van der Waals surface area contributed by atoms with Gasteiger partial charge in [0, 0.05) is 71.9 Å². The van der Waals surface area contributed by atoms with Gasteiger partial charge in [-0.1, -0.05) is 73.4 Å². The summed E-state index contributed by atoms with van der Waals surface area (Å²) in [4.78, 5) is 139. The molecule has 0 radical (unpaired) electrons. The average molecular weight is 2040 g/mol. The summed E-state index contributed by atoms with van der Waals surface area (Å²) >= 11 is 14.6. The zero-order valence-electron chi connectivity index (χ0n) is 76.7. The van der Waals surface area contributed by atoms with Crippen molar-refractivity contribution in [2.45, 2.75) is 213 Å². The van der Waals surface area contributed by atoms with E-state index in [0.717, 1.165) is 78.4 Å². The van der Waals surface area contributed by atoms with Crippen LogP contribution in [0.5, 0.6) is 51.7 Å². The molecule has 23 atom stereocenters. The molecule has 3 saturated heterocycles. The van der Waals surface area contributed by atoms with E-state index in [0.29, 0.717) is 12.0 Å². The van der Waals surface area contributed by atoms with Crippen LogP contribution in [0.15, 0.2) is 146 Å². The maximum Gasteiger partial charge on any atom is 0.573 e. The van der Waals surface area contributed by atoms with Gasteiger partial charge in [-0.25, -0.2) is 4.79 Å². The Morgan fingerprint density at radius 2 is 1.31 bits per heavy atom. The number of aromatic nitrogens is 1. The number of aliphatic hydroxyl groups excluding tert-OH is 8. The molecule has 143 heavy (non-hydrogen) atoms. The number of fused-ring (bicyclic) bond motifs is 15. The fraction of sp³-hybridized carbons (Fsp3) is 0.411. The largest absolute Gasteiger partial charge is 0.573 e. The van der Waals surface area contributed by atoms with Crippen molar-refractivity contribution in [2.75, 3.05) is 32.1 Å². The predicted molar refractivity (Wildman–Crippen MR) is 494 cm³/mol. The number of halogens is 5. The van der Waals surface area contributed by atoms with E-state index in [9.17, 15) is 93.6 Å². The fourth-order valence-electron chi connectivity index (χ4n) is 17.4. The zero-order valence-corrected chi connectivity index (χ0v) is 78.2. The van der Waals surface area contributed by atoms with E-state index in [1.54, 1.807) is 44.4 Å². The van der Waals surface area contributed by atoms with Crippen LogP contribution < -0.4 is 83.6 Å². The lowest BCUT2D eigenvalue weighted by Crippen LogP contribution is -2.65. The Kier molecular flexibility index (Phi) is 33.4. The van der Waals surface area contributed by atoms with Crippen molar-refractivity contribution in [3.8, 4) is 62.9 Å². The topological polar surface area (TPSA) is 665 Å². The first kappa shape index (κ1) is 106. The number of phenolic OH excluding ortho intramolecular Hbond substituents is 3. The van der Waals surface area contributed by atoms with E-state index in [-0.39, 0.29) is 66.5 Å². The number of nitrogens with two attached hydrogens (primary N) is 2. The van der Waals surface area contributed by atoms with Crippen molar-refractivity contribution < 1.29 is 160 Å². The van der Waals surface area contributed by atoms with Crippen molar-refractivity contribution in [1.82, 2.24) is 52.8 Å². The summed E-state index contributed by atoms with van der Waals surface area (Å²) in [6, 6.07) is 11.6. The zero-order chi connectivity index (χ0) is 103. The number of carbonyl (C=O) groups excluding carboxylic acids is 8. The lowest BCUT2D eigenvalue weighted by atomic mass is 9.86. The Labute approximate surface area is 822 Å². The van der Waals surface area contributed by atoms with Gasteiger partial charge in [0.2, 0.25) is 53.4 Å². The number of amides is 8. The van der Waals surface area contributed by atoms with Crippen molar-refractivity contribution >= 4 is 82.1 Å². The number of aromatic hydroxyl groups is 3. The number of hydrogen-bond donors (Lipinski definition) is 24. The number of nitrogens with zero attached hydrogens (tertiary/aromatic N) is 1.